The van der Waals surface area contributed by atoms with Crippen LogP contribution in [0.3, 0.4) is 0 Å². The van der Waals surface area contributed by atoms with Crippen molar-refractivity contribution in [3.05, 3.63) is 24.3 Å². The number of rotatable bonds is 10. The van der Waals surface area contributed by atoms with Gasteiger partial charge in [-0.1, -0.05) is 50.5 Å². The number of carboxylic acid groups (broad SMARTS) is 1. The summed E-state index contributed by atoms with van der Waals surface area (Å²) in [7, 11) is 0. The molecule has 146 valence electrons. The third-order valence-electron chi connectivity index (χ3n) is 5.90. The molecule has 7 atom stereocenters. The average Bonchev–Trinajstić information content (AvgIpc) is 3.16. The number of hydrogen-bond donors (Lipinski definition) is 2. The van der Waals surface area contributed by atoms with Crippen molar-refractivity contribution >= 4 is 5.97 Å². The zero-order chi connectivity index (χ0) is 18.5. The van der Waals surface area contributed by atoms with E-state index in [1.165, 1.54) is 12.8 Å². The van der Waals surface area contributed by atoms with E-state index >= 15 is 0 Å². The van der Waals surface area contributed by atoms with E-state index in [2.05, 4.69) is 13.0 Å². The molecule has 3 rings (SSSR count). The molecule has 26 heavy (non-hydrogen) atoms. The molecule has 3 saturated heterocycles. The van der Waals surface area contributed by atoms with Gasteiger partial charge >= 0.3 is 5.97 Å². The molecule has 3 aliphatic rings. The van der Waals surface area contributed by atoms with Gasteiger partial charge in [0.1, 0.15) is 0 Å². The maximum atomic E-state index is 10.6. The third kappa shape index (κ3) is 4.76. The smallest absolute Gasteiger partial charge is 0.303 e. The summed E-state index contributed by atoms with van der Waals surface area (Å²) in [5.41, 5.74) is 0. The highest BCUT2D eigenvalue weighted by Gasteiger charge is 2.56. The molecule has 3 aliphatic heterocycles. The van der Waals surface area contributed by atoms with Crippen LogP contribution in [0.2, 0.25) is 0 Å². The predicted octanol–water partition coefficient (Wildman–Crippen LogP) is 3.47. The number of fused-ring (bicyclic) bond motifs is 1. The second-order valence-electron chi connectivity index (χ2n) is 7.87. The Hall–Kier alpha value is -1.17. The molecule has 5 heteroatoms. The molecule has 0 unspecified atom stereocenters. The molecule has 3 fully saturated rings. The summed E-state index contributed by atoms with van der Waals surface area (Å²) in [5, 5.41) is 18.9. The van der Waals surface area contributed by atoms with Crippen molar-refractivity contribution < 1.29 is 24.5 Å². The summed E-state index contributed by atoms with van der Waals surface area (Å²) in [4.78, 5) is 10.6. The minimum Gasteiger partial charge on any atom is -0.481 e. The quantitative estimate of drug-likeness (QED) is 0.459. The first-order valence-corrected chi connectivity index (χ1v) is 10.1. The Morgan fingerprint density at radius 1 is 1.19 bits per heavy atom. The molecular weight excluding hydrogens is 332 g/mol. The fraction of sp³-hybridized carbons (Fsp3) is 0.762. The van der Waals surface area contributed by atoms with Crippen LogP contribution in [0.1, 0.15) is 58.3 Å². The van der Waals surface area contributed by atoms with Crippen LogP contribution >= 0.6 is 0 Å². The lowest BCUT2D eigenvalue weighted by Crippen LogP contribution is -2.45. The summed E-state index contributed by atoms with van der Waals surface area (Å²) < 4.78 is 12.3. The number of aliphatic carboxylic acids is 1. The van der Waals surface area contributed by atoms with Crippen molar-refractivity contribution in [3.63, 3.8) is 0 Å². The standard InChI is InChI=1S/C21H32O5/c1-2-3-4-7-14(22)10-11-16-17-12-15(8-5-6-9-20(23)24)25-19-13-18(16)26-21(17)19/h5,8,10-11,14-19,21-22H,2-4,6-7,9,12-13H2,1H3,(H,23,24)/t14-,15-,16-,17+,18-,19-,21-/m0/s1. The number of aliphatic hydroxyl groups is 1. The lowest BCUT2D eigenvalue weighted by Gasteiger charge is -2.39. The average molecular weight is 364 g/mol. The largest absolute Gasteiger partial charge is 0.481 e. The molecule has 2 N–H and O–H groups in total. The molecule has 0 aliphatic carbocycles. The van der Waals surface area contributed by atoms with Gasteiger partial charge in [0.15, 0.2) is 0 Å². The minimum atomic E-state index is -0.770. The van der Waals surface area contributed by atoms with E-state index < -0.39 is 5.97 Å². The highest BCUT2D eigenvalue weighted by Crippen LogP contribution is 2.50. The molecule has 0 amide bonds. The Labute approximate surface area is 156 Å². The van der Waals surface area contributed by atoms with Crippen molar-refractivity contribution in [1.82, 2.24) is 0 Å². The van der Waals surface area contributed by atoms with Crippen LogP contribution in [0.5, 0.6) is 0 Å². The van der Waals surface area contributed by atoms with Crippen LogP contribution in [0.25, 0.3) is 0 Å². The molecular formula is C21H32O5. The van der Waals surface area contributed by atoms with Gasteiger partial charge in [-0.25, -0.2) is 0 Å². The zero-order valence-electron chi connectivity index (χ0n) is 15.6. The normalized spacial score (nSPS) is 37.0. The molecule has 5 nitrogen and oxygen atoms in total. The second-order valence-corrected chi connectivity index (χ2v) is 7.87. The van der Waals surface area contributed by atoms with Gasteiger partial charge < -0.3 is 19.7 Å². The van der Waals surface area contributed by atoms with Crippen molar-refractivity contribution in [2.24, 2.45) is 11.8 Å². The van der Waals surface area contributed by atoms with Gasteiger partial charge in [-0.2, -0.15) is 0 Å². The molecule has 0 saturated carbocycles. The minimum absolute atomic E-state index is 0.0445. The topological polar surface area (TPSA) is 76.0 Å². The number of ether oxygens (including phenoxy) is 2. The van der Waals surface area contributed by atoms with Crippen molar-refractivity contribution in [1.29, 1.82) is 0 Å². The van der Waals surface area contributed by atoms with Crippen molar-refractivity contribution in [2.75, 3.05) is 0 Å². The number of allylic oxidation sites excluding steroid dienone is 1. The Kier molecular flexibility index (Phi) is 6.90. The van der Waals surface area contributed by atoms with E-state index in [0.29, 0.717) is 18.3 Å². The number of unbranched alkanes of at least 4 members (excludes halogenated alkanes) is 2. The zero-order valence-corrected chi connectivity index (χ0v) is 15.6. The second kappa shape index (κ2) is 9.16. The fourth-order valence-corrected chi connectivity index (χ4v) is 4.60. The summed E-state index contributed by atoms with van der Waals surface area (Å²) in [5.74, 6) is 0.0182. The van der Waals surface area contributed by atoms with E-state index in [-0.39, 0.29) is 36.9 Å². The van der Waals surface area contributed by atoms with Crippen LogP contribution in [-0.4, -0.2) is 46.7 Å². The summed E-state index contributed by atoms with van der Waals surface area (Å²) in [6, 6.07) is 0. The monoisotopic (exact) mass is 364 g/mol. The Balaban J connectivity index is 1.53. The predicted molar refractivity (Wildman–Crippen MR) is 98.8 cm³/mol. The Bertz CT molecular complexity index is 528. The van der Waals surface area contributed by atoms with E-state index in [1.54, 1.807) is 0 Å². The van der Waals surface area contributed by atoms with Crippen molar-refractivity contribution in [2.45, 2.75) is 88.8 Å². The fourth-order valence-electron chi connectivity index (χ4n) is 4.60. The SMILES string of the molecule is CCCCC[C@H](O)C=C[C@H]1[C@H]2C[C@H](C=CCCC(=O)O)O[C@H]3C[C@@H]1O[C@@H]23. The highest BCUT2D eigenvalue weighted by atomic mass is 16.6. The van der Waals surface area contributed by atoms with E-state index in [9.17, 15) is 9.90 Å². The summed E-state index contributed by atoms with van der Waals surface area (Å²) in [6.07, 6.45) is 15.1. The lowest BCUT2D eigenvalue weighted by molar-refractivity contribution is -0.136. The van der Waals surface area contributed by atoms with Gasteiger partial charge in [0, 0.05) is 18.8 Å². The van der Waals surface area contributed by atoms with E-state index in [4.69, 9.17) is 14.6 Å². The molecule has 0 aromatic rings. The molecule has 0 aromatic heterocycles. The maximum Gasteiger partial charge on any atom is 0.303 e. The highest BCUT2D eigenvalue weighted by molar-refractivity contribution is 5.66. The number of aliphatic hydroxyl groups excluding tert-OH is 1. The van der Waals surface area contributed by atoms with Crippen LogP contribution in [0.4, 0.5) is 0 Å². The van der Waals surface area contributed by atoms with E-state index in [1.807, 2.05) is 18.2 Å². The van der Waals surface area contributed by atoms with Gasteiger partial charge in [-0.3, -0.25) is 4.79 Å². The van der Waals surface area contributed by atoms with Gasteiger partial charge in [-0.05, 0) is 25.2 Å². The number of carboxylic acids is 1. The number of hydrogen-bond acceptors (Lipinski definition) is 4. The van der Waals surface area contributed by atoms with Crippen LogP contribution < -0.4 is 0 Å². The van der Waals surface area contributed by atoms with Crippen molar-refractivity contribution in [3.8, 4) is 0 Å². The van der Waals surface area contributed by atoms with Gasteiger partial charge in [0.2, 0.25) is 0 Å². The molecule has 0 spiro atoms. The Morgan fingerprint density at radius 2 is 2.04 bits per heavy atom. The number of carbonyl (C=O) groups is 1. The van der Waals surface area contributed by atoms with E-state index in [0.717, 1.165) is 25.7 Å². The molecule has 0 radical (unpaired) electrons. The first-order valence-electron chi connectivity index (χ1n) is 10.1. The first kappa shape index (κ1) is 19.6. The van der Waals surface area contributed by atoms with Crippen LogP contribution in [0.15, 0.2) is 24.3 Å². The van der Waals surface area contributed by atoms with Gasteiger partial charge in [0.25, 0.3) is 0 Å². The summed E-state index contributed by atoms with van der Waals surface area (Å²) in [6.45, 7) is 2.17. The molecule has 2 bridgehead atoms. The maximum absolute atomic E-state index is 10.6. The summed E-state index contributed by atoms with van der Waals surface area (Å²) >= 11 is 0. The van der Waals surface area contributed by atoms with Crippen LogP contribution in [0, 0.1) is 11.8 Å². The van der Waals surface area contributed by atoms with Crippen LogP contribution in [-0.2, 0) is 14.3 Å². The van der Waals surface area contributed by atoms with Gasteiger partial charge in [-0.15, -0.1) is 0 Å². The first-order chi connectivity index (χ1) is 12.6. The molecule has 0 aromatic carbocycles. The lowest BCUT2D eigenvalue weighted by atomic mass is 9.73. The molecule has 3 heterocycles. The third-order valence-corrected chi connectivity index (χ3v) is 5.90. The Morgan fingerprint density at radius 3 is 2.81 bits per heavy atom. The van der Waals surface area contributed by atoms with Gasteiger partial charge in [0.05, 0.1) is 30.5 Å².